The molecule has 0 spiro atoms. The van der Waals surface area contributed by atoms with Crippen LogP contribution in [-0.2, 0) is 0 Å². The maximum absolute atomic E-state index is 14.2. The number of rotatable bonds is 4. The van der Waals surface area contributed by atoms with Crippen molar-refractivity contribution in [2.24, 2.45) is 0 Å². The molecule has 0 amide bonds. The van der Waals surface area contributed by atoms with E-state index in [2.05, 4.69) is 47.9 Å². The molecule has 4 aromatic rings. The van der Waals surface area contributed by atoms with E-state index in [1.54, 1.807) is 6.92 Å². The van der Waals surface area contributed by atoms with Crippen LogP contribution in [0.4, 0.5) is 10.3 Å². The molecule has 172 valence electrons. The van der Waals surface area contributed by atoms with Crippen molar-refractivity contribution in [1.29, 1.82) is 0 Å². The number of pyridine rings is 1. The van der Waals surface area contributed by atoms with Gasteiger partial charge in [0.2, 0.25) is 5.95 Å². The number of aryl methyl sites for hydroxylation is 1. The first-order valence-corrected chi connectivity index (χ1v) is 11.7. The highest BCUT2D eigenvalue weighted by Gasteiger charge is 2.42. The summed E-state index contributed by atoms with van der Waals surface area (Å²) in [6.45, 7) is 5.82. The average molecular weight is 449 g/mol. The Balaban J connectivity index is 1.31. The van der Waals surface area contributed by atoms with E-state index in [4.69, 9.17) is 0 Å². The van der Waals surface area contributed by atoms with Crippen LogP contribution in [0.2, 0.25) is 0 Å². The van der Waals surface area contributed by atoms with E-state index in [1.165, 1.54) is 0 Å². The Bertz CT molecular complexity index is 1320. The number of halogens is 1. The molecule has 1 N–H and O–H groups in total. The lowest BCUT2D eigenvalue weighted by Gasteiger charge is -2.40. The van der Waals surface area contributed by atoms with E-state index in [0.717, 1.165) is 53.9 Å². The standard InChI is InChI=1S/C24H29FN8/c1-15-28-22-20(33(15)18-11-24(2,25)12-18)10-16(13-26-22)19-6-9-32-21(19)14-27-23(30-32)29-17-4-7-31(3)8-5-17/h6,9-10,13-14,17-18H,4-5,7-8,11-12H2,1-3H3,(H,29,30). The Labute approximate surface area is 191 Å². The lowest BCUT2D eigenvalue weighted by Crippen LogP contribution is -2.38. The molecule has 4 aromatic heterocycles. The summed E-state index contributed by atoms with van der Waals surface area (Å²) in [5.41, 5.74) is 3.48. The van der Waals surface area contributed by atoms with Gasteiger partial charge in [0, 0.05) is 48.4 Å². The maximum atomic E-state index is 14.2. The number of nitrogens with zero attached hydrogens (tertiary/aromatic N) is 7. The number of aromatic nitrogens is 6. The summed E-state index contributed by atoms with van der Waals surface area (Å²) in [5, 5.41) is 8.17. The highest BCUT2D eigenvalue weighted by molar-refractivity contribution is 5.85. The molecular formula is C24H29FN8. The van der Waals surface area contributed by atoms with Gasteiger partial charge in [-0.1, -0.05) is 0 Å². The van der Waals surface area contributed by atoms with Crippen molar-refractivity contribution in [3.8, 4) is 11.1 Å². The Morgan fingerprint density at radius 3 is 2.67 bits per heavy atom. The first kappa shape index (κ1) is 20.5. The van der Waals surface area contributed by atoms with Crippen LogP contribution in [0, 0.1) is 6.92 Å². The fourth-order valence-electron chi connectivity index (χ4n) is 5.35. The summed E-state index contributed by atoms with van der Waals surface area (Å²) in [4.78, 5) is 16.2. The molecule has 1 saturated heterocycles. The molecule has 0 radical (unpaired) electrons. The molecule has 6 rings (SSSR count). The first-order valence-electron chi connectivity index (χ1n) is 11.7. The summed E-state index contributed by atoms with van der Waals surface area (Å²) < 4.78 is 18.2. The number of hydrogen-bond donors (Lipinski definition) is 1. The van der Waals surface area contributed by atoms with E-state index in [-0.39, 0.29) is 6.04 Å². The quantitative estimate of drug-likeness (QED) is 0.508. The molecule has 33 heavy (non-hydrogen) atoms. The Morgan fingerprint density at radius 1 is 1.12 bits per heavy atom. The van der Waals surface area contributed by atoms with Gasteiger partial charge in [-0.15, -0.1) is 5.10 Å². The zero-order valence-corrected chi connectivity index (χ0v) is 19.3. The molecular weight excluding hydrogens is 419 g/mol. The van der Waals surface area contributed by atoms with Crippen molar-refractivity contribution < 1.29 is 4.39 Å². The minimum absolute atomic E-state index is 0.129. The molecule has 1 aliphatic heterocycles. The third-order valence-corrected chi connectivity index (χ3v) is 7.19. The van der Waals surface area contributed by atoms with Crippen molar-refractivity contribution in [2.75, 3.05) is 25.5 Å². The van der Waals surface area contributed by atoms with Gasteiger partial charge in [0.25, 0.3) is 0 Å². The number of piperidine rings is 1. The zero-order chi connectivity index (χ0) is 22.7. The second-order valence-electron chi connectivity index (χ2n) is 9.93. The highest BCUT2D eigenvalue weighted by Crippen LogP contribution is 2.45. The zero-order valence-electron chi connectivity index (χ0n) is 19.3. The minimum Gasteiger partial charge on any atom is -0.350 e. The molecule has 1 aliphatic carbocycles. The van der Waals surface area contributed by atoms with E-state index in [1.807, 2.05) is 36.1 Å². The molecule has 0 bridgehead atoms. The Morgan fingerprint density at radius 2 is 1.91 bits per heavy atom. The van der Waals surface area contributed by atoms with Crippen molar-refractivity contribution in [3.63, 3.8) is 0 Å². The van der Waals surface area contributed by atoms with E-state index in [0.29, 0.717) is 30.5 Å². The summed E-state index contributed by atoms with van der Waals surface area (Å²) in [6, 6.07) is 4.68. The van der Waals surface area contributed by atoms with Gasteiger partial charge in [0.15, 0.2) is 5.65 Å². The molecule has 8 nitrogen and oxygen atoms in total. The molecule has 0 aromatic carbocycles. The monoisotopic (exact) mass is 448 g/mol. The number of anilines is 1. The molecule has 2 aliphatic rings. The van der Waals surface area contributed by atoms with Crippen molar-refractivity contribution in [2.45, 2.75) is 57.3 Å². The number of hydrogen-bond acceptors (Lipinski definition) is 6. The van der Waals surface area contributed by atoms with Gasteiger partial charge < -0.3 is 14.8 Å². The first-order chi connectivity index (χ1) is 15.9. The van der Waals surface area contributed by atoms with Crippen LogP contribution in [0.3, 0.4) is 0 Å². The lowest BCUT2D eigenvalue weighted by atomic mass is 9.78. The molecule has 0 unspecified atom stereocenters. The van der Waals surface area contributed by atoms with Crippen LogP contribution in [0.1, 0.15) is 44.5 Å². The van der Waals surface area contributed by atoms with E-state index >= 15 is 0 Å². The molecule has 2 fully saturated rings. The predicted molar refractivity (Wildman–Crippen MR) is 126 cm³/mol. The third-order valence-electron chi connectivity index (χ3n) is 7.19. The Kier molecular flexibility index (Phi) is 4.65. The fraction of sp³-hybridized carbons (Fsp3) is 0.500. The third kappa shape index (κ3) is 3.64. The van der Waals surface area contributed by atoms with Crippen LogP contribution in [-0.4, -0.2) is 65.9 Å². The van der Waals surface area contributed by atoms with Gasteiger partial charge in [-0.25, -0.2) is 23.9 Å². The topological polar surface area (TPSA) is 76.2 Å². The largest absolute Gasteiger partial charge is 0.350 e. The maximum Gasteiger partial charge on any atom is 0.241 e. The second-order valence-corrected chi connectivity index (χ2v) is 9.93. The molecule has 5 heterocycles. The van der Waals surface area contributed by atoms with Crippen molar-refractivity contribution in [3.05, 3.63) is 36.5 Å². The SMILES string of the molecule is Cc1nc2ncc(-c3ccn4nc(NC5CCN(C)CC5)ncc34)cc2n1C1CC(C)(F)C1. The normalized spacial score (nSPS) is 24.4. The summed E-state index contributed by atoms with van der Waals surface area (Å²) in [6.07, 6.45) is 8.89. The minimum atomic E-state index is -1.09. The van der Waals surface area contributed by atoms with Gasteiger partial charge in [-0.3, -0.25) is 0 Å². The predicted octanol–water partition coefficient (Wildman–Crippen LogP) is 4.02. The van der Waals surface area contributed by atoms with E-state index < -0.39 is 5.67 Å². The van der Waals surface area contributed by atoms with Gasteiger partial charge >= 0.3 is 0 Å². The van der Waals surface area contributed by atoms with Crippen molar-refractivity contribution in [1.82, 2.24) is 34.0 Å². The van der Waals surface area contributed by atoms with Crippen LogP contribution in [0.5, 0.6) is 0 Å². The van der Waals surface area contributed by atoms with Crippen LogP contribution < -0.4 is 5.32 Å². The summed E-state index contributed by atoms with van der Waals surface area (Å²) in [5.74, 6) is 1.53. The average Bonchev–Trinajstić information content (AvgIpc) is 3.32. The van der Waals surface area contributed by atoms with Crippen molar-refractivity contribution >= 4 is 22.6 Å². The summed E-state index contributed by atoms with van der Waals surface area (Å²) in [7, 11) is 2.16. The Hall–Kier alpha value is -3.07. The van der Waals surface area contributed by atoms with Gasteiger partial charge in [0.05, 0.1) is 17.2 Å². The smallest absolute Gasteiger partial charge is 0.241 e. The number of imidazole rings is 1. The number of alkyl halides is 1. The summed E-state index contributed by atoms with van der Waals surface area (Å²) >= 11 is 0. The number of nitrogens with one attached hydrogen (secondary N) is 1. The molecule has 0 atom stereocenters. The molecule has 1 saturated carbocycles. The van der Waals surface area contributed by atoms with Crippen LogP contribution >= 0.6 is 0 Å². The van der Waals surface area contributed by atoms with Gasteiger partial charge in [-0.2, -0.15) is 0 Å². The van der Waals surface area contributed by atoms with Gasteiger partial charge in [-0.05, 0) is 59.0 Å². The number of fused-ring (bicyclic) bond motifs is 2. The van der Waals surface area contributed by atoms with Crippen LogP contribution in [0.25, 0.3) is 27.8 Å². The second kappa shape index (κ2) is 7.48. The molecule has 9 heteroatoms. The van der Waals surface area contributed by atoms with Gasteiger partial charge in [0.1, 0.15) is 11.5 Å². The fourth-order valence-corrected chi connectivity index (χ4v) is 5.35. The number of likely N-dealkylation sites (tertiary alicyclic amines) is 1. The van der Waals surface area contributed by atoms with E-state index in [9.17, 15) is 4.39 Å². The lowest BCUT2D eigenvalue weighted by molar-refractivity contribution is 0.0330. The van der Waals surface area contributed by atoms with Crippen LogP contribution in [0.15, 0.2) is 30.7 Å². The highest BCUT2D eigenvalue weighted by atomic mass is 19.1.